The first-order valence-corrected chi connectivity index (χ1v) is 13.2. The van der Waals surface area contributed by atoms with Crippen LogP contribution in [0.3, 0.4) is 0 Å². The molecule has 1 aromatic rings. The summed E-state index contributed by atoms with van der Waals surface area (Å²) < 4.78 is 6.02. The third kappa shape index (κ3) is 4.21. The fourth-order valence-electron chi connectivity index (χ4n) is 8.10. The maximum atomic E-state index is 10.7. The van der Waals surface area contributed by atoms with Crippen LogP contribution in [0.15, 0.2) is 36.0 Å². The maximum Gasteiger partial charge on any atom is 0.119 e. The first-order chi connectivity index (χ1) is 15.6. The largest absolute Gasteiger partial charge is 0.491 e. The Morgan fingerprint density at radius 1 is 0.969 bits per heavy atom. The Hall–Kier alpha value is -1.52. The predicted octanol–water partition coefficient (Wildman–Crippen LogP) is 4.93. The van der Waals surface area contributed by atoms with E-state index in [2.05, 4.69) is 40.1 Å². The highest BCUT2D eigenvalue weighted by Crippen LogP contribution is 2.60. The molecule has 174 valence electrons. The van der Waals surface area contributed by atoms with Crippen LogP contribution in [0.5, 0.6) is 5.75 Å². The van der Waals surface area contributed by atoms with Crippen molar-refractivity contribution in [2.24, 2.45) is 17.8 Å². The van der Waals surface area contributed by atoms with E-state index in [4.69, 9.17) is 4.74 Å². The number of ether oxygens (including phenoxy) is 1. The van der Waals surface area contributed by atoms with Gasteiger partial charge in [-0.1, -0.05) is 18.2 Å². The molecule has 4 saturated carbocycles. The summed E-state index contributed by atoms with van der Waals surface area (Å²) in [4.78, 5) is 4.91. The average Bonchev–Trinajstić information content (AvgIpc) is 2.99. The first kappa shape index (κ1) is 21.0. The van der Waals surface area contributed by atoms with Crippen LogP contribution in [0, 0.1) is 17.8 Å². The molecule has 2 heterocycles. The molecule has 1 unspecified atom stereocenters. The fourth-order valence-corrected chi connectivity index (χ4v) is 8.10. The van der Waals surface area contributed by atoms with Gasteiger partial charge in [-0.2, -0.15) is 0 Å². The first-order valence-electron chi connectivity index (χ1n) is 13.2. The molecular formula is C28H40N2O2. The molecule has 1 N–H and O–H groups in total. The number of nitrogens with zero attached hydrogens (tertiary/aromatic N) is 2. The van der Waals surface area contributed by atoms with Crippen molar-refractivity contribution in [2.75, 3.05) is 32.9 Å². The Bertz CT molecular complexity index is 797. The van der Waals surface area contributed by atoms with Gasteiger partial charge in [0.2, 0.25) is 0 Å². The molecule has 1 atom stereocenters. The van der Waals surface area contributed by atoms with Gasteiger partial charge in [0.25, 0.3) is 0 Å². The molecule has 4 heteroatoms. The van der Waals surface area contributed by atoms with Crippen LogP contribution >= 0.6 is 0 Å². The summed E-state index contributed by atoms with van der Waals surface area (Å²) >= 11 is 0. The summed E-state index contributed by atoms with van der Waals surface area (Å²) in [5, 5.41) is 10.7. The normalized spacial score (nSPS) is 35.2. The number of allylic oxidation sites excluding steroid dienone is 2. The molecule has 0 spiro atoms. The van der Waals surface area contributed by atoms with Crippen LogP contribution in [0.1, 0.15) is 69.8 Å². The van der Waals surface area contributed by atoms with E-state index < -0.39 is 6.10 Å². The third-order valence-electron chi connectivity index (χ3n) is 9.11. The summed E-state index contributed by atoms with van der Waals surface area (Å²) in [6.45, 7) is 4.23. The molecule has 7 rings (SSSR count). The zero-order valence-electron chi connectivity index (χ0n) is 19.6. The van der Waals surface area contributed by atoms with Crippen LogP contribution in [0.2, 0.25) is 0 Å². The lowest BCUT2D eigenvalue weighted by atomic mass is 9.48. The summed E-state index contributed by atoms with van der Waals surface area (Å²) in [5.74, 6) is 3.82. The molecule has 4 bridgehead atoms. The van der Waals surface area contributed by atoms with Gasteiger partial charge in [-0.05, 0) is 105 Å². The van der Waals surface area contributed by atoms with Crippen LogP contribution in [-0.2, 0) is 5.41 Å². The number of hydrogen-bond donors (Lipinski definition) is 1. The Kier molecular flexibility index (Phi) is 5.71. The highest BCUT2D eigenvalue weighted by molar-refractivity contribution is 5.34. The maximum absolute atomic E-state index is 10.7. The molecule has 4 nitrogen and oxygen atoms in total. The summed E-state index contributed by atoms with van der Waals surface area (Å²) in [7, 11) is 0. The smallest absolute Gasteiger partial charge is 0.119 e. The van der Waals surface area contributed by atoms with Crippen molar-refractivity contribution in [1.29, 1.82) is 0 Å². The van der Waals surface area contributed by atoms with E-state index in [-0.39, 0.29) is 0 Å². The monoisotopic (exact) mass is 436 g/mol. The number of β-amino-alcohol motifs (C(OH)–C–C–N with tert-alkyl or cyclic N) is 1. The second-order valence-electron chi connectivity index (χ2n) is 11.6. The minimum Gasteiger partial charge on any atom is -0.491 e. The van der Waals surface area contributed by atoms with Gasteiger partial charge in [0.05, 0.1) is 6.67 Å². The van der Waals surface area contributed by atoms with Crippen LogP contribution in [0.4, 0.5) is 0 Å². The molecule has 0 aromatic heterocycles. The van der Waals surface area contributed by atoms with Gasteiger partial charge in [-0.3, -0.25) is 4.90 Å². The Labute approximate surface area is 193 Å². The molecule has 1 saturated heterocycles. The summed E-state index contributed by atoms with van der Waals surface area (Å²) in [6.07, 6.45) is 15.5. The van der Waals surface area contributed by atoms with Crippen molar-refractivity contribution in [2.45, 2.75) is 75.7 Å². The third-order valence-corrected chi connectivity index (χ3v) is 9.11. The Morgan fingerprint density at radius 2 is 1.69 bits per heavy atom. The molecule has 6 aliphatic rings. The highest BCUT2D eigenvalue weighted by atomic mass is 16.5. The van der Waals surface area contributed by atoms with Gasteiger partial charge in [0.1, 0.15) is 18.5 Å². The van der Waals surface area contributed by atoms with Crippen LogP contribution < -0.4 is 4.74 Å². The van der Waals surface area contributed by atoms with Crippen molar-refractivity contribution < 1.29 is 9.84 Å². The quantitative estimate of drug-likeness (QED) is 0.686. The van der Waals surface area contributed by atoms with Gasteiger partial charge in [-0.15, -0.1) is 0 Å². The van der Waals surface area contributed by atoms with Gasteiger partial charge in [0, 0.05) is 25.3 Å². The van der Waals surface area contributed by atoms with E-state index in [1.807, 2.05) is 0 Å². The van der Waals surface area contributed by atoms with Gasteiger partial charge in [-0.25, -0.2) is 0 Å². The van der Waals surface area contributed by atoms with E-state index >= 15 is 0 Å². The van der Waals surface area contributed by atoms with E-state index in [1.54, 1.807) is 5.56 Å². The molecule has 0 radical (unpaired) electrons. The van der Waals surface area contributed by atoms with E-state index in [0.29, 0.717) is 18.6 Å². The number of rotatable bonds is 6. The SMILES string of the molecule is OC(COc1ccc(C23CC4CC(CC(C4)C2)C3)cc1)CN1CCCC2=CCCCN2C1. The topological polar surface area (TPSA) is 35.9 Å². The van der Waals surface area contributed by atoms with Crippen molar-refractivity contribution in [3.63, 3.8) is 0 Å². The molecule has 32 heavy (non-hydrogen) atoms. The summed E-state index contributed by atoms with van der Waals surface area (Å²) in [5.41, 5.74) is 3.50. The second kappa shape index (κ2) is 8.68. The Balaban J connectivity index is 1.02. The fraction of sp³-hybridized carbons (Fsp3) is 0.714. The van der Waals surface area contributed by atoms with Crippen molar-refractivity contribution in [3.8, 4) is 5.75 Å². The standard InChI is InChI=1S/C28H40N2O2/c31-26(18-29-10-3-5-25-4-1-2-11-30(25)20-29)19-32-27-8-6-24(7-9-27)28-15-21-12-22(16-28)14-23(13-21)17-28/h4,6-9,21-23,26,31H,1-3,5,10-20H2. The number of aliphatic hydroxyl groups is 1. The van der Waals surface area contributed by atoms with Crippen molar-refractivity contribution >= 4 is 0 Å². The average molecular weight is 437 g/mol. The minimum absolute atomic E-state index is 0.371. The number of hydrogen-bond acceptors (Lipinski definition) is 4. The molecule has 4 aliphatic carbocycles. The van der Waals surface area contributed by atoms with E-state index in [9.17, 15) is 5.11 Å². The number of benzene rings is 1. The van der Waals surface area contributed by atoms with Crippen molar-refractivity contribution in [1.82, 2.24) is 9.80 Å². The zero-order chi connectivity index (χ0) is 21.5. The molecule has 5 fully saturated rings. The molecular weight excluding hydrogens is 396 g/mol. The number of fused-ring (bicyclic) bond motifs is 1. The zero-order valence-corrected chi connectivity index (χ0v) is 19.6. The molecule has 2 aliphatic heterocycles. The minimum atomic E-state index is -0.451. The molecule has 1 aromatic carbocycles. The van der Waals surface area contributed by atoms with E-state index in [0.717, 1.165) is 43.3 Å². The van der Waals surface area contributed by atoms with Gasteiger partial charge >= 0.3 is 0 Å². The van der Waals surface area contributed by atoms with Gasteiger partial charge in [0.15, 0.2) is 0 Å². The van der Waals surface area contributed by atoms with Crippen LogP contribution in [-0.4, -0.2) is 53.9 Å². The van der Waals surface area contributed by atoms with Gasteiger partial charge < -0.3 is 14.7 Å². The van der Waals surface area contributed by atoms with Crippen LogP contribution in [0.25, 0.3) is 0 Å². The second-order valence-corrected chi connectivity index (χ2v) is 11.6. The van der Waals surface area contributed by atoms with E-state index in [1.165, 1.54) is 69.9 Å². The summed E-state index contributed by atoms with van der Waals surface area (Å²) in [6, 6.07) is 8.95. The lowest BCUT2D eigenvalue weighted by molar-refractivity contribution is -0.00522. The Morgan fingerprint density at radius 3 is 2.41 bits per heavy atom. The lowest BCUT2D eigenvalue weighted by Crippen LogP contribution is -2.48. The predicted molar refractivity (Wildman–Crippen MR) is 127 cm³/mol. The van der Waals surface area contributed by atoms with Crippen molar-refractivity contribution in [3.05, 3.63) is 41.6 Å². The highest BCUT2D eigenvalue weighted by Gasteiger charge is 2.51. The number of aliphatic hydroxyl groups excluding tert-OH is 1. The lowest BCUT2D eigenvalue weighted by Gasteiger charge is -2.57. The molecule has 0 amide bonds.